The highest BCUT2D eigenvalue weighted by Gasteiger charge is 2.30. The van der Waals surface area contributed by atoms with Crippen LogP contribution in [0.15, 0.2) is 18.2 Å². The number of anilines is 2. The van der Waals surface area contributed by atoms with E-state index in [1.54, 1.807) is 20.8 Å². The first kappa shape index (κ1) is 25.0. The van der Waals surface area contributed by atoms with E-state index in [1.807, 2.05) is 0 Å². The largest absolute Gasteiger partial charge is 0.385 e. The Morgan fingerprint density at radius 1 is 1.10 bits per heavy atom. The van der Waals surface area contributed by atoms with Gasteiger partial charge >= 0.3 is 0 Å². The van der Waals surface area contributed by atoms with Crippen LogP contribution < -0.4 is 14.9 Å². The molecule has 6 nitrogen and oxygen atoms in total. The van der Waals surface area contributed by atoms with Crippen molar-refractivity contribution < 1.29 is 13.2 Å². The molecule has 2 N–H and O–H groups in total. The molecule has 7 heteroatoms. The number of aryl methyl sites for hydroxylation is 1. The number of unbranched alkanes of at least 4 members (excludes halogenated alkanes) is 2. The van der Waals surface area contributed by atoms with Gasteiger partial charge in [-0.15, -0.1) is 0 Å². The van der Waals surface area contributed by atoms with E-state index >= 15 is 0 Å². The molecule has 1 aliphatic heterocycles. The van der Waals surface area contributed by atoms with Crippen molar-refractivity contribution in [3.05, 3.63) is 23.8 Å². The molecule has 0 bridgehead atoms. The van der Waals surface area contributed by atoms with Crippen LogP contribution in [-0.2, 0) is 14.8 Å². The molecule has 1 saturated heterocycles. The van der Waals surface area contributed by atoms with Crippen molar-refractivity contribution in [3.8, 4) is 0 Å². The van der Waals surface area contributed by atoms with E-state index in [0.717, 1.165) is 38.0 Å². The number of rotatable bonds is 9. The highest BCUT2D eigenvalue weighted by molar-refractivity contribution is 7.90. The summed E-state index contributed by atoms with van der Waals surface area (Å²) in [6, 6.07) is 6.97. The first-order valence-corrected chi connectivity index (χ1v) is 12.7. The molecule has 0 aliphatic carbocycles. The lowest BCUT2D eigenvalue weighted by atomic mass is 10.1. The van der Waals surface area contributed by atoms with Gasteiger partial charge < -0.3 is 15.0 Å². The Hall–Kier alpha value is -1.31. The molecule has 1 fully saturated rings. The van der Waals surface area contributed by atoms with E-state index in [4.69, 9.17) is 4.74 Å². The van der Waals surface area contributed by atoms with Crippen molar-refractivity contribution in [2.24, 2.45) is 0 Å². The lowest BCUT2D eigenvalue weighted by Gasteiger charge is -2.42. The van der Waals surface area contributed by atoms with Crippen LogP contribution in [0.3, 0.4) is 0 Å². The van der Waals surface area contributed by atoms with E-state index in [1.165, 1.54) is 11.3 Å². The lowest BCUT2D eigenvalue weighted by Crippen LogP contribution is -2.52. The van der Waals surface area contributed by atoms with Crippen LogP contribution >= 0.6 is 0 Å². The van der Waals surface area contributed by atoms with Gasteiger partial charge in [0.2, 0.25) is 10.0 Å². The molecule has 1 aromatic rings. The summed E-state index contributed by atoms with van der Waals surface area (Å²) in [5, 5.41) is 3.52. The van der Waals surface area contributed by atoms with Crippen LogP contribution in [0.1, 0.15) is 66.4 Å². The van der Waals surface area contributed by atoms with Gasteiger partial charge in [0.05, 0.1) is 23.0 Å². The molecule has 1 heterocycles. The smallest absolute Gasteiger partial charge is 0.216 e. The second-order valence-corrected chi connectivity index (χ2v) is 12.1. The molecule has 0 amide bonds. The highest BCUT2D eigenvalue weighted by Crippen LogP contribution is 2.28. The molecule has 0 aromatic heterocycles. The Balaban J connectivity index is 1.77. The average Bonchev–Trinajstić information content (AvgIpc) is 2.64. The Kier molecular flexibility index (Phi) is 8.60. The van der Waals surface area contributed by atoms with Crippen molar-refractivity contribution in [2.45, 2.75) is 90.7 Å². The summed E-state index contributed by atoms with van der Waals surface area (Å²) in [6.45, 7) is 16.1. The van der Waals surface area contributed by atoms with Crippen molar-refractivity contribution in [3.63, 3.8) is 0 Å². The Morgan fingerprint density at radius 3 is 2.40 bits per heavy atom. The molecular weight excluding hydrogens is 398 g/mol. The summed E-state index contributed by atoms with van der Waals surface area (Å²) in [5.74, 6) is 0. The Morgan fingerprint density at radius 2 is 1.77 bits per heavy atom. The van der Waals surface area contributed by atoms with E-state index in [9.17, 15) is 8.42 Å². The summed E-state index contributed by atoms with van der Waals surface area (Å²) < 4.78 is 31.9. The second-order valence-electron chi connectivity index (χ2n) is 9.54. The summed E-state index contributed by atoms with van der Waals surface area (Å²) in [4.78, 5) is 2.44. The number of benzene rings is 1. The predicted octanol–water partition coefficient (Wildman–Crippen LogP) is 4.30. The van der Waals surface area contributed by atoms with Crippen molar-refractivity contribution in [1.29, 1.82) is 0 Å². The summed E-state index contributed by atoms with van der Waals surface area (Å²) in [5.41, 5.74) is 3.65. The third-order valence-corrected chi connectivity index (χ3v) is 8.08. The van der Waals surface area contributed by atoms with Crippen LogP contribution in [-0.4, -0.2) is 51.0 Å². The summed E-state index contributed by atoms with van der Waals surface area (Å²) in [7, 11) is -3.24. The highest BCUT2D eigenvalue weighted by atomic mass is 32.2. The topological polar surface area (TPSA) is 70.7 Å². The standard InChI is InChI=1S/C23H41N3O3S/c1-17-15-21(26-16-18(2)29-20(4)19(26)3)11-12-22(17)24-13-9-8-10-14-25-30(27,28)23(5,6)7/h11-12,15,18-20,24-25H,8-10,13-14,16H2,1-7H3/t18-,19?,20+/m0/s1. The van der Waals surface area contributed by atoms with Gasteiger partial charge in [-0.1, -0.05) is 6.42 Å². The molecule has 0 saturated carbocycles. The van der Waals surface area contributed by atoms with Gasteiger partial charge in [-0.3, -0.25) is 0 Å². The van der Waals surface area contributed by atoms with E-state index < -0.39 is 14.8 Å². The molecule has 1 aromatic carbocycles. The van der Waals surface area contributed by atoms with Crippen molar-refractivity contribution >= 4 is 21.4 Å². The molecule has 0 radical (unpaired) electrons. The zero-order chi connectivity index (χ0) is 22.5. The minimum absolute atomic E-state index is 0.222. The number of nitrogens with one attached hydrogen (secondary N) is 2. The number of ether oxygens (including phenoxy) is 1. The van der Waals surface area contributed by atoms with Gasteiger partial charge in [0.15, 0.2) is 0 Å². The average molecular weight is 440 g/mol. The summed E-state index contributed by atoms with van der Waals surface area (Å²) in [6.07, 6.45) is 3.30. The Bertz CT molecular complexity index is 789. The number of sulfonamides is 1. The van der Waals surface area contributed by atoms with E-state index in [2.05, 4.69) is 60.8 Å². The molecule has 1 aliphatic rings. The predicted molar refractivity (Wildman–Crippen MR) is 127 cm³/mol. The van der Waals surface area contributed by atoms with Gasteiger partial charge in [0.1, 0.15) is 0 Å². The van der Waals surface area contributed by atoms with E-state index in [0.29, 0.717) is 12.6 Å². The molecule has 3 atom stereocenters. The number of nitrogens with zero attached hydrogens (tertiary/aromatic N) is 1. The SMILES string of the molecule is Cc1cc(N2C[C@H](C)O[C@H](C)C2C)ccc1NCCCCCNS(=O)(=O)C(C)(C)C. The second kappa shape index (κ2) is 10.3. The van der Waals surface area contributed by atoms with Crippen molar-refractivity contribution in [2.75, 3.05) is 29.9 Å². The first-order valence-electron chi connectivity index (χ1n) is 11.2. The van der Waals surface area contributed by atoms with Gasteiger partial charge in [0.25, 0.3) is 0 Å². The molecule has 172 valence electrons. The van der Waals surface area contributed by atoms with Crippen LogP contribution in [0.5, 0.6) is 0 Å². The summed E-state index contributed by atoms with van der Waals surface area (Å²) >= 11 is 0. The molecular formula is C23H41N3O3S. The fourth-order valence-electron chi connectivity index (χ4n) is 3.66. The molecule has 0 spiro atoms. The Labute approximate surface area is 183 Å². The van der Waals surface area contributed by atoms with Gasteiger partial charge in [0, 0.05) is 31.0 Å². The fourth-order valence-corrected chi connectivity index (χ4v) is 4.50. The maximum Gasteiger partial charge on any atom is 0.216 e. The number of hydrogen-bond donors (Lipinski definition) is 2. The number of hydrogen-bond acceptors (Lipinski definition) is 5. The van der Waals surface area contributed by atoms with Gasteiger partial charge in [-0.2, -0.15) is 0 Å². The first-order chi connectivity index (χ1) is 13.9. The quantitative estimate of drug-likeness (QED) is 0.562. The minimum Gasteiger partial charge on any atom is -0.385 e. The van der Waals surface area contributed by atoms with Crippen LogP contribution in [0, 0.1) is 6.92 Å². The number of morpholine rings is 1. The zero-order valence-corrected chi connectivity index (χ0v) is 20.6. The van der Waals surface area contributed by atoms with Gasteiger partial charge in [-0.25, -0.2) is 13.1 Å². The van der Waals surface area contributed by atoms with Gasteiger partial charge in [-0.05, 0) is 85.1 Å². The normalized spacial score (nSPS) is 22.9. The van der Waals surface area contributed by atoms with Crippen LogP contribution in [0.25, 0.3) is 0 Å². The molecule has 2 rings (SSSR count). The lowest BCUT2D eigenvalue weighted by molar-refractivity contribution is -0.0257. The third-order valence-electron chi connectivity index (χ3n) is 5.88. The maximum atomic E-state index is 12.0. The monoisotopic (exact) mass is 439 g/mol. The molecule has 1 unspecified atom stereocenters. The molecule has 30 heavy (non-hydrogen) atoms. The fraction of sp³-hybridized carbons (Fsp3) is 0.739. The third kappa shape index (κ3) is 6.59. The maximum absolute atomic E-state index is 12.0. The zero-order valence-electron chi connectivity index (χ0n) is 19.8. The van der Waals surface area contributed by atoms with Crippen LogP contribution in [0.4, 0.5) is 11.4 Å². The minimum atomic E-state index is -3.24. The van der Waals surface area contributed by atoms with E-state index in [-0.39, 0.29) is 12.2 Å². The van der Waals surface area contributed by atoms with Crippen molar-refractivity contribution in [1.82, 2.24) is 4.72 Å². The van der Waals surface area contributed by atoms with Crippen LogP contribution in [0.2, 0.25) is 0 Å².